The fourth-order valence-electron chi connectivity index (χ4n) is 3.26. The Labute approximate surface area is 177 Å². The number of halogens is 2. The van der Waals surface area contributed by atoms with Crippen LogP contribution in [0, 0.1) is 12.7 Å². The number of aromatic nitrogens is 3. The molecule has 0 saturated heterocycles. The summed E-state index contributed by atoms with van der Waals surface area (Å²) in [5, 5.41) is 7.63. The van der Waals surface area contributed by atoms with Gasteiger partial charge in [-0.3, -0.25) is 4.79 Å². The molecule has 0 radical (unpaired) electrons. The van der Waals surface area contributed by atoms with Crippen molar-refractivity contribution >= 4 is 17.5 Å². The number of carbonyl (C=O) groups excluding carboxylic acids is 1. The zero-order valence-corrected chi connectivity index (χ0v) is 17.0. The molecule has 0 aliphatic rings. The van der Waals surface area contributed by atoms with Gasteiger partial charge in [-0.25, -0.2) is 9.37 Å². The molecule has 0 aliphatic carbocycles. The van der Waals surface area contributed by atoms with Gasteiger partial charge in [-0.15, -0.1) is 0 Å². The summed E-state index contributed by atoms with van der Waals surface area (Å²) in [5.74, 6) is 0.267. The Bertz CT molecular complexity index is 1180. The minimum absolute atomic E-state index is 0.287. The summed E-state index contributed by atoms with van der Waals surface area (Å²) in [6.07, 6.45) is 3.47. The van der Waals surface area contributed by atoms with Gasteiger partial charge in [-0.1, -0.05) is 28.9 Å². The highest BCUT2D eigenvalue weighted by Crippen LogP contribution is 2.28. The standard InChI is InChI=1S/C22H18ClFN4O2/c1-13-18(19(27-30-13)14-5-9-17(24)10-6-14)22(29)26-20(21-25-11-12-28(21)2)15-3-7-16(23)8-4-15/h3-12,20H,1-2H3,(H,26,29). The van der Waals surface area contributed by atoms with Gasteiger partial charge in [-0.05, 0) is 48.9 Å². The van der Waals surface area contributed by atoms with Gasteiger partial charge < -0.3 is 14.4 Å². The molecule has 1 N–H and O–H groups in total. The third-order valence-corrected chi connectivity index (χ3v) is 5.05. The van der Waals surface area contributed by atoms with E-state index in [9.17, 15) is 9.18 Å². The van der Waals surface area contributed by atoms with Crippen molar-refractivity contribution in [2.24, 2.45) is 7.05 Å². The van der Waals surface area contributed by atoms with E-state index in [2.05, 4.69) is 15.5 Å². The Morgan fingerprint density at radius 1 is 1.17 bits per heavy atom. The van der Waals surface area contributed by atoms with Crippen LogP contribution in [0.2, 0.25) is 5.02 Å². The van der Waals surface area contributed by atoms with E-state index in [0.29, 0.717) is 27.9 Å². The maximum atomic E-state index is 13.3. The fourth-order valence-corrected chi connectivity index (χ4v) is 3.38. The number of amides is 1. The molecule has 1 atom stereocenters. The predicted octanol–water partition coefficient (Wildman–Crippen LogP) is 4.70. The quantitative estimate of drug-likeness (QED) is 0.504. The summed E-state index contributed by atoms with van der Waals surface area (Å²) in [7, 11) is 1.85. The average Bonchev–Trinajstić information content (AvgIpc) is 3.33. The summed E-state index contributed by atoms with van der Waals surface area (Å²) in [6.45, 7) is 1.66. The number of hydrogen-bond donors (Lipinski definition) is 1. The normalized spacial score (nSPS) is 12.0. The number of rotatable bonds is 5. The molecule has 4 rings (SSSR count). The molecule has 8 heteroatoms. The zero-order valence-electron chi connectivity index (χ0n) is 16.3. The van der Waals surface area contributed by atoms with E-state index in [1.807, 2.05) is 23.7 Å². The largest absolute Gasteiger partial charge is 0.360 e. The van der Waals surface area contributed by atoms with Gasteiger partial charge in [-0.2, -0.15) is 0 Å². The highest BCUT2D eigenvalue weighted by Gasteiger charge is 2.27. The van der Waals surface area contributed by atoms with Crippen molar-refractivity contribution in [3.63, 3.8) is 0 Å². The van der Waals surface area contributed by atoms with Crippen molar-refractivity contribution < 1.29 is 13.7 Å². The molecule has 0 spiro atoms. The molecule has 0 fully saturated rings. The number of aryl methyl sites for hydroxylation is 2. The van der Waals surface area contributed by atoms with Crippen molar-refractivity contribution in [1.29, 1.82) is 0 Å². The van der Waals surface area contributed by atoms with E-state index >= 15 is 0 Å². The lowest BCUT2D eigenvalue weighted by atomic mass is 10.0. The van der Waals surface area contributed by atoms with E-state index in [4.69, 9.17) is 16.1 Å². The molecule has 0 aliphatic heterocycles. The van der Waals surface area contributed by atoms with Crippen LogP contribution >= 0.6 is 11.6 Å². The lowest BCUT2D eigenvalue weighted by molar-refractivity contribution is 0.0940. The van der Waals surface area contributed by atoms with Gasteiger partial charge in [0.05, 0.1) is 0 Å². The van der Waals surface area contributed by atoms with Crippen LogP contribution in [-0.2, 0) is 7.05 Å². The predicted molar refractivity (Wildman–Crippen MR) is 111 cm³/mol. The molecule has 0 saturated carbocycles. The molecule has 1 unspecified atom stereocenters. The molecule has 152 valence electrons. The summed E-state index contributed by atoms with van der Waals surface area (Å²) in [6, 6.07) is 12.4. The third-order valence-electron chi connectivity index (χ3n) is 4.80. The van der Waals surface area contributed by atoms with Crippen molar-refractivity contribution in [2.75, 3.05) is 0 Å². The number of nitrogens with one attached hydrogen (secondary N) is 1. The zero-order chi connectivity index (χ0) is 21.3. The second-order valence-electron chi connectivity index (χ2n) is 6.82. The lowest BCUT2D eigenvalue weighted by Crippen LogP contribution is -2.31. The summed E-state index contributed by atoms with van der Waals surface area (Å²) < 4.78 is 20.4. The van der Waals surface area contributed by atoms with Crippen LogP contribution in [0.1, 0.15) is 33.5 Å². The van der Waals surface area contributed by atoms with Crippen LogP contribution < -0.4 is 5.32 Å². The molecule has 6 nitrogen and oxygen atoms in total. The van der Waals surface area contributed by atoms with Gasteiger partial charge in [0, 0.05) is 30.0 Å². The van der Waals surface area contributed by atoms with Gasteiger partial charge in [0.1, 0.15) is 34.7 Å². The molecule has 30 heavy (non-hydrogen) atoms. The first-order chi connectivity index (χ1) is 14.4. The third kappa shape index (κ3) is 3.84. The number of carbonyl (C=O) groups is 1. The monoisotopic (exact) mass is 424 g/mol. The summed E-state index contributed by atoms with van der Waals surface area (Å²) >= 11 is 6.02. The summed E-state index contributed by atoms with van der Waals surface area (Å²) in [4.78, 5) is 17.7. The SMILES string of the molecule is Cc1onc(-c2ccc(F)cc2)c1C(=O)NC(c1ccc(Cl)cc1)c1nccn1C. The first kappa shape index (κ1) is 19.8. The van der Waals surface area contributed by atoms with Gasteiger partial charge in [0.2, 0.25) is 0 Å². The van der Waals surface area contributed by atoms with Crippen LogP contribution in [0.15, 0.2) is 65.4 Å². The number of benzene rings is 2. The molecule has 1 amide bonds. The molecule has 2 aromatic heterocycles. The molecular formula is C22H18ClFN4O2. The lowest BCUT2D eigenvalue weighted by Gasteiger charge is -2.19. The van der Waals surface area contributed by atoms with E-state index in [1.54, 1.807) is 43.6 Å². The van der Waals surface area contributed by atoms with E-state index in [1.165, 1.54) is 12.1 Å². The second kappa shape index (κ2) is 8.12. The van der Waals surface area contributed by atoms with Crippen molar-refractivity contribution in [2.45, 2.75) is 13.0 Å². The highest BCUT2D eigenvalue weighted by atomic mass is 35.5. The average molecular weight is 425 g/mol. The van der Waals surface area contributed by atoms with Crippen LogP contribution in [0.5, 0.6) is 0 Å². The number of hydrogen-bond acceptors (Lipinski definition) is 4. The van der Waals surface area contributed by atoms with Crippen molar-refractivity contribution in [3.05, 3.63) is 94.5 Å². The van der Waals surface area contributed by atoms with Gasteiger partial charge in [0.15, 0.2) is 0 Å². The molecule has 0 bridgehead atoms. The van der Waals surface area contributed by atoms with E-state index in [-0.39, 0.29) is 17.3 Å². The van der Waals surface area contributed by atoms with Gasteiger partial charge >= 0.3 is 0 Å². The Balaban J connectivity index is 1.72. The molecular weight excluding hydrogens is 407 g/mol. The molecule has 2 aromatic carbocycles. The fraction of sp³-hybridized carbons (Fsp3) is 0.136. The van der Waals surface area contributed by atoms with Gasteiger partial charge in [0.25, 0.3) is 5.91 Å². The number of imidazole rings is 1. The van der Waals surface area contributed by atoms with Crippen LogP contribution in [0.4, 0.5) is 4.39 Å². The Hall–Kier alpha value is -3.45. The van der Waals surface area contributed by atoms with Crippen molar-refractivity contribution in [3.8, 4) is 11.3 Å². The molecule has 4 aromatic rings. The maximum Gasteiger partial charge on any atom is 0.258 e. The molecule has 2 heterocycles. The smallest absolute Gasteiger partial charge is 0.258 e. The van der Waals surface area contributed by atoms with E-state index < -0.39 is 6.04 Å². The minimum atomic E-state index is -0.523. The second-order valence-corrected chi connectivity index (χ2v) is 7.26. The van der Waals surface area contributed by atoms with Crippen LogP contribution in [0.25, 0.3) is 11.3 Å². The topological polar surface area (TPSA) is 73.0 Å². The van der Waals surface area contributed by atoms with Crippen LogP contribution in [0.3, 0.4) is 0 Å². The number of nitrogens with zero attached hydrogens (tertiary/aromatic N) is 3. The first-order valence-electron chi connectivity index (χ1n) is 9.20. The Kier molecular flexibility index (Phi) is 5.37. The Morgan fingerprint density at radius 2 is 1.87 bits per heavy atom. The first-order valence-corrected chi connectivity index (χ1v) is 9.57. The van der Waals surface area contributed by atoms with E-state index in [0.717, 1.165) is 5.56 Å². The van der Waals surface area contributed by atoms with Crippen LogP contribution in [-0.4, -0.2) is 20.6 Å². The highest BCUT2D eigenvalue weighted by molar-refractivity contribution is 6.30. The maximum absolute atomic E-state index is 13.3. The summed E-state index contributed by atoms with van der Waals surface area (Å²) in [5.41, 5.74) is 2.03. The van der Waals surface area contributed by atoms with Crippen molar-refractivity contribution in [1.82, 2.24) is 20.0 Å². The minimum Gasteiger partial charge on any atom is -0.360 e. The Morgan fingerprint density at radius 3 is 2.50 bits per heavy atom.